The van der Waals surface area contributed by atoms with Crippen LogP contribution >= 0.6 is 0 Å². The van der Waals surface area contributed by atoms with Crippen LogP contribution in [0, 0.1) is 0 Å². The number of rotatable bonds is 2. The molecule has 0 unspecified atom stereocenters. The van der Waals surface area contributed by atoms with Crippen LogP contribution in [-0.4, -0.2) is 42.1 Å². The minimum absolute atomic E-state index is 0. The Morgan fingerprint density at radius 2 is 1.48 bits per heavy atom. The first kappa shape index (κ1) is 16.9. The summed E-state index contributed by atoms with van der Waals surface area (Å²) in [5.74, 6) is 1.08. The largest absolute Gasteiger partial charge is 0.870 e. The molecule has 1 aromatic carbocycles. The molecule has 0 saturated carbocycles. The maximum absolute atomic E-state index is 4.41. The standard InChI is InChI=1S/C15H18N4.2H2O/c16-13-4-6-14(7-5-13)18-9-11-19(12-10-18)15-3-1-2-8-17-15;;/h1-8H,9-12,16H2;2*1H2. The summed E-state index contributed by atoms with van der Waals surface area (Å²) in [6.45, 7) is 4.10. The van der Waals surface area contributed by atoms with E-state index in [4.69, 9.17) is 0 Å². The predicted molar refractivity (Wildman–Crippen MR) is 83.2 cm³/mol. The molecule has 3 rings (SSSR count). The highest BCUT2D eigenvalue weighted by atomic mass is 16.0. The van der Waals surface area contributed by atoms with Gasteiger partial charge in [0, 0.05) is 50.2 Å². The number of piperazine rings is 1. The Hall–Kier alpha value is -2.15. The molecule has 0 spiro atoms. The van der Waals surface area contributed by atoms with Gasteiger partial charge in [-0.15, -0.1) is 0 Å². The van der Waals surface area contributed by atoms with E-state index in [0.29, 0.717) is 0 Å². The Bertz CT molecular complexity index is 525. The van der Waals surface area contributed by atoms with Crippen LogP contribution in [0.15, 0.2) is 48.7 Å². The predicted octanol–water partition coefficient (Wildman–Crippen LogP) is 0.280. The molecule has 2 aromatic rings. The lowest BCUT2D eigenvalue weighted by atomic mass is 10.2. The molecule has 1 aliphatic rings. The highest BCUT2D eigenvalue weighted by Gasteiger charge is 2.17. The van der Waals surface area contributed by atoms with Crippen LogP contribution < -0.4 is 15.5 Å². The molecule has 6 N–H and O–H groups in total. The molecule has 1 aromatic heterocycles. The van der Waals surface area contributed by atoms with E-state index < -0.39 is 0 Å². The van der Waals surface area contributed by atoms with Gasteiger partial charge >= 0.3 is 0 Å². The number of aromatic nitrogens is 1. The van der Waals surface area contributed by atoms with Gasteiger partial charge in [-0.1, -0.05) is 6.07 Å². The van der Waals surface area contributed by atoms with Crippen molar-refractivity contribution in [2.24, 2.45) is 0 Å². The number of hydrogen-bond donors (Lipinski definition) is 1. The lowest BCUT2D eigenvalue weighted by molar-refractivity contribution is -0.254. The van der Waals surface area contributed by atoms with Gasteiger partial charge in [0.25, 0.3) is 0 Å². The third kappa shape index (κ3) is 3.91. The molecule has 0 radical (unpaired) electrons. The number of nitrogens with zero attached hydrogens (tertiary/aromatic N) is 3. The summed E-state index contributed by atoms with van der Waals surface area (Å²) < 4.78 is 0. The molecular weight excluding hydrogens is 268 g/mol. The first-order chi connectivity index (χ1) is 9.33. The fourth-order valence-corrected chi connectivity index (χ4v) is 2.44. The third-order valence-corrected chi connectivity index (χ3v) is 3.55. The van der Waals surface area contributed by atoms with Crippen molar-refractivity contribution >= 4 is 17.2 Å². The molecule has 6 nitrogen and oxygen atoms in total. The van der Waals surface area contributed by atoms with Crippen LogP contribution in [0.3, 0.4) is 0 Å². The summed E-state index contributed by atoms with van der Waals surface area (Å²) in [6.07, 6.45) is 1.86. The van der Waals surface area contributed by atoms with Crippen molar-refractivity contribution in [2.75, 3.05) is 36.0 Å². The van der Waals surface area contributed by atoms with Gasteiger partial charge in [-0.3, -0.25) is 0 Å². The summed E-state index contributed by atoms with van der Waals surface area (Å²) in [7, 11) is 0. The Morgan fingerprint density at radius 1 is 0.857 bits per heavy atom. The molecule has 1 aliphatic heterocycles. The maximum atomic E-state index is 4.41. The molecule has 0 aliphatic carbocycles. The first-order valence-electron chi connectivity index (χ1n) is 6.66. The molecule has 0 amide bonds. The minimum atomic E-state index is 0. The normalized spacial score (nSPS) is 14.1. The lowest BCUT2D eigenvalue weighted by Gasteiger charge is -2.36. The Labute approximate surface area is 124 Å². The van der Waals surface area contributed by atoms with Gasteiger partial charge in [-0.25, -0.2) is 4.98 Å². The van der Waals surface area contributed by atoms with E-state index >= 15 is 0 Å². The molecule has 1 fully saturated rings. The zero-order valence-electron chi connectivity index (χ0n) is 11.9. The van der Waals surface area contributed by atoms with Crippen LogP contribution in [0.25, 0.3) is 0 Å². The molecule has 2 heterocycles. The average molecular weight is 290 g/mol. The fourth-order valence-electron chi connectivity index (χ4n) is 2.44. The minimum Gasteiger partial charge on any atom is -0.870 e. The van der Waals surface area contributed by atoms with Crippen molar-refractivity contribution in [1.29, 1.82) is 0 Å². The van der Waals surface area contributed by atoms with Gasteiger partial charge in [0.15, 0.2) is 0 Å². The lowest BCUT2D eigenvalue weighted by Crippen LogP contribution is -2.47. The van der Waals surface area contributed by atoms with E-state index in [0.717, 1.165) is 37.7 Å². The van der Waals surface area contributed by atoms with Gasteiger partial charge in [-0.2, -0.15) is 0 Å². The quantitative estimate of drug-likeness (QED) is 0.856. The zero-order valence-corrected chi connectivity index (χ0v) is 11.9. The summed E-state index contributed by atoms with van der Waals surface area (Å²) in [6, 6.07) is 14.5. The van der Waals surface area contributed by atoms with Gasteiger partial charge in [0.1, 0.15) is 11.5 Å². The van der Waals surface area contributed by atoms with Crippen LogP contribution in [0.5, 0.6) is 0 Å². The van der Waals surface area contributed by atoms with Crippen molar-refractivity contribution < 1.29 is 16.7 Å². The molecule has 114 valence electrons. The highest BCUT2D eigenvalue weighted by Crippen LogP contribution is 2.19. The molecule has 1 saturated heterocycles. The highest BCUT2D eigenvalue weighted by molar-refractivity contribution is 5.52. The van der Waals surface area contributed by atoms with E-state index in [2.05, 4.69) is 50.8 Å². The van der Waals surface area contributed by atoms with E-state index in [1.807, 2.05) is 18.3 Å². The monoisotopic (exact) mass is 290 g/mol. The van der Waals surface area contributed by atoms with Crippen LogP contribution in [0.1, 0.15) is 0 Å². The topological polar surface area (TPSA) is 109 Å². The summed E-state index contributed by atoms with van der Waals surface area (Å²) >= 11 is 0. The zero-order chi connectivity index (χ0) is 13.1. The van der Waals surface area contributed by atoms with E-state index in [1.165, 1.54) is 5.69 Å². The van der Waals surface area contributed by atoms with Crippen LogP contribution in [0.4, 0.5) is 17.2 Å². The maximum Gasteiger partial charge on any atom is 0.128 e. The molecule has 21 heavy (non-hydrogen) atoms. The number of quaternary nitrogens is 1. The number of hydrogen-bond acceptors (Lipinski definition) is 4. The summed E-state index contributed by atoms with van der Waals surface area (Å²) in [5.41, 5.74) is 6.27. The van der Waals surface area contributed by atoms with E-state index in [9.17, 15) is 0 Å². The molecule has 0 bridgehead atoms. The van der Waals surface area contributed by atoms with Crippen molar-refractivity contribution in [3.63, 3.8) is 0 Å². The average Bonchev–Trinajstić information content (AvgIpc) is 2.49. The number of anilines is 2. The summed E-state index contributed by atoms with van der Waals surface area (Å²) in [5, 5.41) is 0. The first-order valence-corrected chi connectivity index (χ1v) is 6.66. The van der Waals surface area contributed by atoms with Crippen LogP contribution in [0.2, 0.25) is 0 Å². The molecule has 6 heteroatoms. The van der Waals surface area contributed by atoms with Crippen molar-refractivity contribution in [3.8, 4) is 0 Å². The number of benzene rings is 1. The van der Waals surface area contributed by atoms with Crippen molar-refractivity contribution in [3.05, 3.63) is 48.7 Å². The summed E-state index contributed by atoms with van der Waals surface area (Å²) in [4.78, 5) is 9.17. The second kappa shape index (κ2) is 7.58. The van der Waals surface area contributed by atoms with E-state index in [1.54, 1.807) is 0 Å². The van der Waals surface area contributed by atoms with Gasteiger partial charge in [0.05, 0.1) is 0 Å². The molecular formula is C15H22N4O2. The Balaban J connectivity index is 0.00000110. The van der Waals surface area contributed by atoms with Gasteiger partial charge in [-0.05, 0) is 24.3 Å². The second-order valence-corrected chi connectivity index (χ2v) is 4.83. The Kier molecular flexibility index (Phi) is 6.10. The van der Waals surface area contributed by atoms with Crippen LogP contribution in [-0.2, 0) is 0 Å². The third-order valence-electron chi connectivity index (χ3n) is 3.55. The second-order valence-electron chi connectivity index (χ2n) is 4.83. The van der Waals surface area contributed by atoms with Crippen molar-refractivity contribution in [1.82, 2.24) is 4.98 Å². The molecule has 0 atom stereocenters. The van der Waals surface area contributed by atoms with Gasteiger partial charge < -0.3 is 26.5 Å². The van der Waals surface area contributed by atoms with E-state index in [-0.39, 0.29) is 11.0 Å². The SMILES string of the molecule is O.[NH3+]c1ccc(N2CCN(c3ccccn3)CC2)cc1.[OH-]. The smallest absolute Gasteiger partial charge is 0.128 e. The Morgan fingerprint density at radius 3 is 2.05 bits per heavy atom. The van der Waals surface area contributed by atoms with Gasteiger partial charge in [0.2, 0.25) is 0 Å². The fraction of sp³-hybridized carbons (Fsp3) is 0.267. The van der Waals surface area contributed by atoms with Crippen molar-refractivity contribution in [2.45, 2.75) is 0 Å². The number of pyridine rings is 1.